The van der Waals surface area contributed by atoms with Gasteiger partial charge in [0, 0.05) is 0 Å². The van der Waals surface area contributed by atoms with Crippen molar-refractivity contribution in [2.45, 2.75) is 38.7 Å². The Hall–Kier alpha value is -0.0800. The van der Waals surface area contributed by atoms with E-state index in [1.165, 1.54) is 25.7 Å². The van der Waals surface area contributed by atoms with Crippen molar-refractivity contribution >= 4 is 0 Å². The highest BCUT2D eigenvalue weighted by molar-refractivity contribution is 4.88. The summed E-state index contributed by atoms with van der Waals surface area (Å²) in [5.74, 6) is 0. The number of hydrogen-bond acceptors (Lipinski definition) is 2. The molecule has 2 nitrogen and oxygen atoms in total. The van der Waals surface area contributed by atoms with Gasteiger partial charge in [0.2, 0.25) is 0 Å². The van der Waals surface area contributed by atoms with Crippen LogP contribution in [0, 0.1) is 5.41 Å². The van der Waals surface area contributed by atoms with Crippen LogP contribution in [0.5, 0.6) is 0 Å². The first-order chi connectivity index (χ1) is 5.79. The number of nitrogens with one attached hydrogen (secondary N) is 1. The van der Waals surface area contributed by atoms with Gasteiger partial charge in [-0.15, -0.1) is 0 Å². The van der Waals surface area contributed by atoms with E-state index in [1.54, 1.807) is 0 Å². The molecule has 2 fully saturated rings. The van der Waals surface area contributed by atoms with Crippen molar-refractivity contribution in [3.05, 3.63) is 0 Å². The fourth-order valence-corrected chi connectivity index (χ4v) is 1.64. The monoisotopic (exact) mass is 169 g/mol. The highest BCUT2D eigenvalue weighted by atomic mass is 16.5. The van der Waals surface area contributed by atoms with Crippen molar-refractivity contribution in [1.82, 2.24) is 5.32 Å². The molecule has 2 aliphatic rings. The van der Waals surface area contributed by atoms with Gasteiger partial charge >= 0.3 is 0 Å². The summed E-state index contributed by atoms with van der Waals surface area (Å²) in [5.41, 5.74) is 0.560. The van der Waals surface area contributed by atoms with Gasteiger partial charge in [0.15, 0.2) is 0 Å². The second-order valence-electron chi connectivity index (χ2n) is 4.57. The molecule has 70 valence electrons. The van der Waals surface area contributed by atoms with Crippen LogP contribution in [0.3, 0.4) is 0 Å². The first-order valence-corrected chi connectivity index (χ1v) is 5.11. The Balaban J connectivity index is 1.65. The molecular formula is C10H19NO. The Bertz CT molecular complexity index is 148. The maximum absolute atomic E-state index is 5.87. The molecule has 0 atom stereocenters. The molecule has 0 aromatic heterocycles. The molecule has 1 aliphatic heterocycles. The lowest BCUT2D eigenvalue weighted by Crippen LogP contribution is -2.33. The van der Waals surface area contributed by atoms with Gasteiger partial charge in [-0.3, -0.25) is 0 Å². The quantitative estimate of drug-likeness (QED) is 0.692. The fraction of sp³-hybridized carbons (Fsp3) is 1.00. The number of ether oxygens (including phenoxy) is 1. The number of hydrogen-bond donors (Lipinski definition) is 1. The second-order valence-corrected chi connectivity index (χ2v) is 4.57. The summed E-state index contributed by atoms with van der Waals surface area (Å²) in [7, 11) is 0. The predicted molar refractivity (Wildman–Crippen MR) is 49.2 cm³/mol. The molecule has 1 saturated carbocycles. The van der Waals surface area contributed by atoms with Crippen molar-refractivity contribution in [3.8, 4) is 0 Å². The average molecular weight is 169 g/mol. The van der Waals surface area contributed by atoms with E-state index in [0.29, 0.717) is 11.5 Å². The van der Waals surface area contributed by atoms with Crippen LogP contribution in [0.15, 0.2) is 0 Å². The van der Waals surface area contributed by atoms with E-state index in [2.05, 4.69) is 12.2 Å². The van der Waals surface area contributed by atoms with Gasteiger partial charge in [0.25, 0.3) is 0 Å². The van der Waals surface area contributed by atoms with E-state index in [4.69, 9.17) is 4.74 Å². The van der Waals surface area contributed by atoms with Gasteiger partial charge in [-0.25, -0.2) is 0 Å². The fourth-order valence-electron chi connectivity index (χ4n) is 1.64. The maximum Gasteiger partial charge on any atom is 0.0599 e. The lowest BCUT2D eigenvalue weighted by molar-refractivity contribution is 0.00931. The molecular weight excluding hydrogens is 150 g/mol. The maximum atomic E-state index is 5.87. The van der Waals surface area contributed by atoms with Crippen LogP contribution in [-0.2, 0) is 4.74 Å². The molecule has 0 spiro atoms. The van der Waals surface area contributed by atoms with Gasteiger partial charge in [0.1, 0.15) is 0 Å². The van der Waals surface area contributed by atoms with Gasteiger partial charge in [-0.05, 0) is 44.2 Å². The van der Waals surface area contributed by atoms with Crippen LogP contribution < -0.4 is 5.32 Å². The van der Waals surface area contributed by atoms with E-state index in [-0.39, 0.29) is 0 Å². The molecule has 0 radical (unpaired) electrons. The third-order valence-corrected chi connectivity index (χ3v) is 3.06. The summed E-state index contributed by atoms with van der Waals surface area (Å²) in [6, 6.07) is 0. The van der Waals surface area contributed by atoms with E-state index < -0.39 is 0 Å². The topological polar surface area (TPSA) is 21.3 Å². The highest BCUT2D eigenvalue weighted by Crippen LogP contribution is 2.45. The second kappa shape index (κ2) is 3.35. The van der Waals surface area contributed by atoms with E-state index >= 15 is 0 Å². The SMILES string of the molecule is CC1(COC2CCNCC2)CC1. The normalized spacial score (nSPS) is 28.8. The first-order valence-electron chi connectivity index (χ1n) is 5.11. The number of piperidine rings is 1. The minimum Gasteiger partial charge on any atom is -0.378 e. The Kier molecular flexibility index (Phi) is 2.37. The van der Waals surface area contributed by atoms with Crippen molar-refractivity contribution in [2.75, 3.05) is 19.7 Å². The lowest BCUT2D eigenvalue weighted by atomic mass is 10.1. The van der Waals surface area contributed by atoms with Crippen molar-refractivity contribution in [3.63, 3.8) is 0 Å². The molecule has 1 saturated heterocycles. The molecule has 1 heterocycles. The standard InChI is InChI=1S/C10H19NO/c1-10(4-5-10)8-12-9-2-6-11-7-3-9/h9,11H,2-8H2,1H3. The smallest absolute Gasteiger partial charge is 0.0599 e. The summed E-state index contributed by atoms with van der Waals surface area (Å²) < 4.78 is 5.87. The van der Waals surface area contributed by atoms with Gasteiger partial charge in [-0.1, -0.05) is 6.92 Å². The summed E-state index contributed by atoms with van der Waals surface area (Å²) in [5, 5.41) is 3.35. The third kappa shape index (κ3) is 2.20. The largest absolute Gasteiger partial charge is 0.378 e. The molecule has 12 heavy (non-hydrogen) atoms. The van der Waals surface area contributed by atoms with Crippen molar-refractivity contribution < 1.29 is 4.74 Å². The molecule has 1 aliphatic carbocycles. The van der Waals surface area contributed by atoms with Crippen LogP contribution in [0.25, 0.3) is 0 Å². The minimum absolute atomic E-state index is 0.545. The Morgan fingerprint density at radius 2 is 2.00 bits per heavy atom. The zero-order valence-electron chi connectivity index (χ0n) is 7.94. The summed E-state index contributed by atoms with van der Waals surface area (Å²) >= 11 is 0. The lowest BCUT2D eigenvalue weighted by Gasteiger charge is -2.24. The van der Waals surface area contributed by atoms with Gasteiger partial charge in [0.05, 0.1) is 12.7 Å². The molecule has 2 rings (SSSR count). The zero-order chi connectivity index (χ0) is 8.44. The van der Waals surface area contributed by atoms with Crippen LogP contribution >= 0.6 is 0 Å². The molecule has 0 bridgehead atoms. The van der Waals surface area contributed by atoms with Crippen LogP contribution in [-0.4, -0.2) is 25.8 Å². The Morgan fingerprint density at radius 1 is 1.33 bits per heavy atom. The van der Waals surface area contributed by atoms with Crippen LogP contribution in [0.2, 0.25) is 0 Å². The van der Waals surface area contributed by atoms with Gasteiger partial charge in [-0.2, -0.15) is 0 Å². The van der Waals surface area contributed by atoms with Crippen molar-refractivity contribution in [2.24, 2.45) is 5.41 Å². The highest BCUT2D eigenvalue weighted by Gasteiger charge is 2.38. The van der Waals surface area contributed by atoms with Crippen LogP contribution in [0.1, 0.15) is 32.6 Å². The number of rotatable bonds is 3. The molecule has 1 N–H and O–H groups in total. The third-order valence-electron chi connectivity index (χ3n) is 3.06. The molecule has 0 aromatic carbocycles. The molecule has 0 aromatic rings. The Morgan fingerprint density at radius 3 is 2.58 bits per heavy atom. The van der Waals surface area contributed by atoms with E-state index in [0.717, 1.165) is 19.7 Å². The summed E-state index contributed by atoms with van der Waals surface area (Å²) in [4.78, 5) is 0. The molecule has 0 amide bonds. The van der Waals surface area contributed by atoms with E-state index in [9.17, 15) is 0 Å². The summed E-state index contributed by atoms with van der Waals surface area (Å²) in [6.45, 7) is 5.61. The zero-order valence-corrected chi connectivity index (χ0v) is 7.94. The van der Waals surface area contributed by atoms with Crippen LogP contribution in [0.4, 0.5) is 0 Å². The minimum atomic E-state index is 0.545. The summed E-state index contributed by atoms with van der Waals surface area (Å²) in [6.07, 6.45) is 5.70. The van der Waals surface area contributed by atoms with E-state index in [1.807, 2.05) is 0 Å². The van der Waals surface area contributed by atoms with Crippen molar-refractivity contribution in [1.29, 1.82) is 0 Å². The van der Waals surface area contributed by atoms with Gasteiger partial charge < -0.3 is 10.1 Å². The predicted octanol–water partition coefficient (Wildman–Crippen LogP) is 1.56. The molecule has 0 unspecified atom stereocenters. The average Bonchev–Trinajstić information content (AvgIpc) is 2.84. The molecule has 2 heteroatoms. The Labute approximate surface area is 74.7 Å². The first kappa shape index (κ1) is 8.52.